The molecule has 0 aliphatic heterocycles. The van der Waals surface area contributed by atoms with E-state index in [9.17, 15) is 4.79 Å². The van der Waals surface area contributed by atoms with Crippen LogP contribution in [0, 0.1) is 0 Å². The van der Waals surface area contributed by atoms with Crippen molar-refractivity contribution in [2.75, 3.05) is 26.9 Å². The lowest BCUT2D eigenvalue weighted by Crippen LogP contribution is -2.08. The Kier molecular flexibility index (Phi) is 6.10. The quantitative estimate of drug-likeness (QED) is 0.515. The first-order chi connectivity index (χ1) is 8.31. The molecule has 1 rings (SSSR count). The Morgan fingerprint density at radius 2 is 2.00 bits per heavy atom. The van der Waals surface area contributed by atoms with Gasteiger partial charge < -0.3 is 14.2 Å². The molecule has 0 unspecified atom stereocenters. The summed E-state index contributed by atoms with van der Waals surface area (Å²) in [5, 5.41) is 0. The third-order valence-electron chi connectivity index (χ3n) is 2.16. The molecule has 0 fully saturated rings. The summed E-state index contributed by atoms with van der Waals surface area (Å²) in [5.74, 6) is 1.18. The van der Waals surface area contributed by atoms with Gasteiger partial charge in [0.15, 0.2) is 11.5 Å². The van der Waals surface area contributed by atoms with Crippen LogP contribution in [-0.2, 0) is 4.74 Å². The zero-order valence-electron chi connectivity index (χ0n) is 10.3. The second kappa shape index (κ2) is 7.68. The standard InChI is InChI=1S/C13H18O4/c1-3-6-16-7-8-17-13-9-11(10-14)4-5-12(13)15-2/h4-5,9-10H,3,6-8H2,1-2H3. The topological polar surface area (TPSA) is 44.8 Å². The minimum absolute atomic E-state index is 0.443. The van der Waals surface area contributed by atoms with Crippen molar-refractivity contribution in [3.8, 4) is 11.5 Å². The van der Waals surface area contributed by atoms with Gasteiger partial charge in [0.25, 0.3) is 0 Å². The summed E-state index contributed by atoms with van der Waals surface area (Å²) in [5.41, 5.74) is 0.565. The van der Waals surface area contributed by atoms with Crippen molar-refractivity contribution < 1.29 is 19.0 Å². The molecule has 1 aromatic rings. The predicted molar refractivity (Wildman–Crippen MR) is 65.0 cm³/mol. The van der Waals surface area contributed by atoms with E-state index < -0.39 is 0 Å². The smallest absolute Gasteiger partial charge is 0.161 e. The molecule has 0 saturated heterocycles. The lowest BCUT2D eigenvalue weighted by molar-refractivity contribution is 0.0994. The van der Waals surface area contributed by atoms with Crippen molar-refractivity contribution >= 4 is 6.29 Å². The van der Waals surface area contributed by atoms with Crippen molar-refractivity contribution in [3.05, 3.63) is 23.8 Å². The number of carbonyl (C=O) groups is 1. The van der Waals surface area contributed by atoms with Gasteiger partial charge in [-0.2, -0.15) is 0 Å². The summed E-state index contributed by atoms with van der Waals surface area (Å²) in [6.07, 6.45) is 1.77. The van der Waals surface area contributed by atoms with Crippen LogP contribution in [0.15, 0.2) is 18.2 Å². The highest BCUT2D eigenvalue weighted by Crippen LogP contribution is 2.27. The van der Waals surface area contributed by atoms with Gasteiger partial charge in [0, 0.05) is 12.2 Å². The van der Waals surface area contributed by atoms with Crippen LogP contribution in [0.2, 0.25) is 0 Å². The minimum atomic E-state index is 0.443. The van der Waals surface area contributed by atoms with E-state index in [1.807, 2.05) is 0 Å². The second-order valence-corrected chi connectivity index (χ2v) is 3.49. The molecular weight excluding hydrogens is 220 g/mol. The SMILES string of the molecule is CCCOCCOc1cc(C=O)ccc1OC. The van der Waals surface area contributed by atoms with E-state index in [0.717, 1.165) is 19.3 Å². The summed E-state index contributed by atoms with van der Waals surface area (Å²) >= 11 is 0. The average Bonchev–Trinajstić information content (AvgIpc) is 2.38. The summed E-state index contributed by atoms with van der Waals surface area (Å²) in [6, 6.07) is 5.06. The third kappa shape index (κ3) is 4.44. The average molecular weight is 238 g/mol. The Hall–Kier alpha value is -1.55. The van der Waals surface area contributed by atoms with E-state index >= 15 is 0 Å². The van der Waals surface area contributed by atoms with Crippen molar-refractivity contribution in [3.63, 3.8) is 0 Å². The highest BCUT2D eigenvalue weighted by molar-refractivity contribution is 5.76. The lowest BCUT2D eigenvalue weighted by atomic mass is 10.2. The van der Waals surface area contributed by atoms with Gasteiger partial charge in [-0.15, -0.1) is 0 Å². The van der Waals surface area contributed by atoms with E-state index in [1.165, 1.54) is 0 Å². The third-order valence-corrected chi connectivity index (χ3v) is 2.16. The normalized spacial score (nSPS) is 10.0. The zero-order chi connectivity index (χ0) is 12.5. The van der Waals surface area contributed by atoms with Crippen LogP contribution in [-0.4, -0.2) is 33.2 Å². The van der Waals surface area contributed by atoms with Crippen LogP contribution in [0.3, 0.4) is 0 Å². The Morgan fingerprint density at radius 1 is 1.18 bits per heavy atom. The number of ether oxygens (including phenoxy) is 3. The van der Waals surface area contributed by atoms with Crippen LogP contribution >= 0.6 is 0 Å². The van der Waals surface area contributed by atoms with Gasteiger partial charge in [0.2, 0.25) is 0 Å². The minimum Gasteiger partial charge on any atom is -0.493 e. The van der Waals surface area contributed by atoms with Crippen molar-refractivity contribution in [2.45, 2.75) is 13.3 Å². The number of rotatable bonds is 8. The fourth-order valence-corrected chi connectivity index (χ4v) is 1.34. The molecule has 0 saturated carbocycles. The van der Waals surface area contributed by atoms with Crippen LogP contribution in [0.5, 0.6) is 11.5 Å². The fourth-order valence-electron chi connectivity index (χ4n) is 1.34. The molecule has 0 atom stereocenters. The molecule has 0 aliphatic rings. The van der Waals surface area contributed by atoms with E-state index in [-0.39, 0.29) is 0 Å². The summed E-state index contributed by atoms with van der Waals surface area (Å²) in [6.45, 7) is 3.76. The lowest BCUT2D eigenvalue weighted by Gasteiger charge is -2.11. The maximum atomic E-state index is 10.7. The highest BCUT2D eigenvalue weighted by atomic mass is 16.5. The van der Waals surface area contributed by atoms with Gasteiger partial charge in [0.05, 0.1) is 13.7 Å². The van der Waals surface area contributed by atoms with E-state index in [1.54, 1.807) is 25.3 Å². The first-order valence-corrected chi connectivity index (χ1v) is 5.65. The molecule has 0 heterocycles. The van der Waals surface area contributed by atoms with Crippen LogP contribution < -0.4 is 9.47 Å². The van der Waals surface area contributed by atoms with Gasteiger partial charge >= 0.3 is 0 Å². The molecule has 0 radical (unpaired) electrons. The largest absolute Gasteiger partial charge is 0.493 e. The molecule has 0 N–H and O–H groups in total. The number of benzene rings is 1. The van der Waals surface area contributed by atoms with Gasteiger partial charge in [-0.1, -0.05) is 6.92 Å². The maximum Gasteiger partial charge on any atom is 0.161 e. The number of aldehydes is 1. The van der Waals surface area contributed by atoms with E-state index in [2.05, 4.69) is 6.92 Å². The summed E-state index contributed by atoms with van der Waals surface area (Å²) in [7, 11) is 1.57. The van der Waals surface area contributed by atoms with Gasteiger partial charge in [-0.25, -0.2) is 0 Å². The van der Waals surface area contributed by atoms with Crippen LogP contribution in [0.1, 0.15) is 23.7 Å². The monoisotopic (exact) mass is 238 g/mol. The molecule has 94 valence electrons. The zero-order valence-corrected chi connectivity index (χ0v) is 10.3. The van der Waals surface area contributed by atoms with Crippen LogP contribution in [0.25, 0.3) is 0 Å². The first kappa shape index (κ1) is 13.5. The molecule has 0 aromatic heterocycles. The maximum absolute atomic E-state index is 10.7. The molecule has 4 nitrogen and oxygen atoms in total. The molecule has 1 aromatic carbocycles. The van der Waals surface area contributed by atoms with Gasteiger partial charge in [0.1, 0.15) is 12.9 Å². The van der Waals surface area contributed by atoms with Gasteiger partial charge in [-0.05, 0) is 24.6 Å². The molecule has 17 heavy (non-hydrogen) atoms. The predicted octanol–water partition coefficient (Wildman–Crippen LogP) is 2.31. The summed E-state index contributed by atoms with van der Waals surface area (Å²) < 4.78 is 15.9. The van der Waals surface area contributed by atoms with Crippen molar-refractivity contribution in [1.29, 1.82) is 0 Å². The fraction of sp³-hybridized carbons (Fsp3) is 0.462. The molecule has 0 amide bonds. The molecule has 0 bridgehead atoms. The second-order valence-electron chi connectivity index (χ2n) is 3.49. The number of carbonyl (C=O) groups excluding carboxylic acids is 1. The van der Waals surface area contributed by atoms with Crippen molar-refractivity contribution in [1.82, 2.24) is 0 Å². The Bertz CT molecular complexity index is 349. The molecule has 0 aliphatic carbocycles. The van der Waals surface area contributed by atoms with Gasteiger partial charge in [-0.3, -0.25) is 4.79 Å². The Morgan fingerprint density at radius 3 is 2.65 bits per heavy atom. The molecule has 4 heteroatoms. The number of hydrogen-bond donors (Lipinski definition) is 0. The number of methoxy groups -OCH3 is 1. The Balaban J connectivity index is 2.52. The molecule has 0 spiro atoms. The van der Waals surface area contributed by atoms with E-state index in [0.29, 0.717) is 30.3 Å². The Labute approximate surface area is 101 Å². The number of hydrogen-bond acceptors (Lipinski definition) is 4. The molecular formula is C13H18O4. The van der Waals surface area contributed by atoms with E-state index in [4.69, 9.17) is 14.2 Å². The first-order valence-electron chi connectivity index (χ1n) is 5.65. The van der Waals surface area contributed by atoms with Crippen LogP contribution in [0.4, 0.5) is 0 Å². The van der Waals surface area contributed by atoms with Crippen molar-refractivity contribution in [2.24, 2.45) is 0 Å². The highest BCUT2D eigenvalue weighted by Gasteiger charge is 2.05. The summed E-state index contributed by atoms with van der Waals surface area (Å²) in [4.78, 5) is 10.7.